The number of fused-ring (bicyclic) bond motifs is 1. The zero-order valence-electron chi connectivity index (χ0n) is 13.4. The summed E-state index contributed by atoms with van der Waals surface area (Å²) >= 11 is 6.42. The van der Waals surface area contributed by atoms with E-state index in [1.165, 1.54) is 32.1 Å². The Bertz CT molecular complexity index is 640. The van der Waals surface area contributed by atoms with Gasteiger partial charge in [-0.1, -0.05) is 19.8 Å². The van der Waals surface area contributed by atoms with E-state index in [2.05, 4.69) is 16.6 Å². The van der Waals surface area contributed by atoms with Crippen molar-refractivity contribution in [2.24, 2.45) is 13.0 Å². The summed E-state index contributed by atoms with van der Waals surface area (Å²) in [6, 6.07) is 0.506. The van der Waals surface area contributed by atoms with Gasteiger partial charge in [0.15, 0.2) is 5.65 Å². The SMILES string of the molecule is Cc1nn(C)c2c1nc(C(C)Cl)n2C1CCCC(C)CC1. The van der Waals surface area contributed by atoms with Crippen molar-refractivity contribution in [2.75, 3.05) is 0 Å². The number of hydrogen-bond acceptors (Lipinski definition) is 2. The molecule has 1 fully saturated rings. The molecular weight excluding hydrogens is 284 g/mol. The van der Waals surface area contributed by atoms with E-state index >= 15 is 0 Å². The molecule has 5 heteroatoms. The molecule has 2 aromatic rings. The average Bonchev–Trinajstić information content (AvgIpc) is 2.85. The largest absolute Gasteiger partial charge is 0.309 e. The summed E-state index contributed by atoms with van der Waals surface area (Å²) in [6.07, 6.45) is 6.35. The van der Waals surface area contributed by atoms with Crippen molar-refractivity contribution in [2.45, 2.75) is 64.3 Å². The third kappa shape index (κ3) is 2.59. The normalized spacial score (nSPS) is 25.2. The van der Waals surface area contributed by atoms with Crippen molar-refractivity contribution < 1.29 is 0 Å². The zero-order valence-corrected chi connectivity index (χ0v) is 14.2. The van der Waals surface area contributed by atoms with Crippen LogP contribution < -0.4 is 0 Å². The minimum atomic E-state index is -0.0718. The first kappa shape index (κ1) is 14.9. The van der Waals surface area contributed by atoms with E-state index in [1.54, 1.807) is 0 Å². The molecule has 2 aromatic heterocycles. The maximum absolute atomic E-state index is 6.42. The van der Waals surface area contributed by atoms with Gasteiger partial charge in [0.05, 0.1) is 11.1 Å². The lowest BCUT2D eigenvalue weighted by Gasteiger charge is -2.21. The Balaban J connectivity index is 2.12. The molecule has 2 heterocycles. The van der Waals surface area contributed by atoms with Crippen LogP contribution in [-0.4, -0.2) is 19.3 Å². The van der Waals surface area contributed by atoms with E-state index in [0.29, 0.717) is 6.04 Å². The molecule has 0 aromatic carbocycles. The molecule has 1 aliphatic carbocycles. The molecule has 3 unspecified atom stereocenters. The number of aromatic nitrogens is 4. The van der Waals surface area contributed by atoms with E-state index in [0.717, 1.165) is 28.6 Å². The molecule has 0 amide bonds. The lowest BCUT2D eigenvalue weighted by molar-refractivity contribution is 0.424. The molecule has 0 radical (unpaired) electrons. The summed E-state index contributed by atoms with van der Waals surface area (Å²) in [5.74, 6) is 1.83. The monoisotopic (exact) mass is 308 g/mol. The molecule has 4 nitrogen and oxygen atoms in total. The minimum absolute atomic E-state index is 0.0718. The first-order valence-electron chi connectivity index (χ1n) is 8.04. The van der Waals surface area contributed by atoms with Crippen LogP contribution in [0.1, 0.15) is 68.9 Å². The van der Waals surface area contributed by atoms with Crippen molar-refractivity contribution >= 4 is 22.8 Å². The Hall–Kier alpha value is -1.03. The van der Waals surface area contributed by atoms with Gasteiger partial charge in [0.1, 0.15) is 11.3 Å². The van der Waals surface area contributed by atoms with E-state index in [1.807, 2.05) is 25.6 Å². The van der Waals surface area contributed by atoms with Gasteiger partial charge in [-0.25, -0.2) is 4.98 Å². The van der Waals surface area contributed by atoms with E-state index in [9.17, 15) is 0 Å². The molecule has 0 saturated heterocycles. The van der Waals surface area contributed by atoms with Crippen LogP contribution >= 0.6 is 11.6 Å². The highest BCUT2D eigenvalue weighted by Gasteiger charge is 2.26. The van der Waals surface area contributed by atoms with E-state index < -0.39 is 0 Å². The van der Waals surface area contributed by atoms with Gasteiger partial charge >= 0.3 is 0 Å². The number of alkyl halides is 1. The highest BCUT2D eigenvalue weighted by Crippen LogP contribution is 2.36. The summed E-state index contributed by atoms with van der Waals surface area (Å²) in [4.78, 5) is 4.81. The minimum Gasteiger partial charge on any atom is -0.309 e. The van der Waals surface area contributed by atoms with Crippen LogP contribution in [0.4, 0.5) is 0 Å². The Morgan fingerprint density at radius 1 is 1.24 bits per heavy atom. The number of nitrogens with zero attached hydrogens (tertiary/aromatic N) is 4. The molecule has 21 heavy (non-hydrogen) atoms. The summed E-state index contributed by atoms with van der Waals surface area (Å²) in [5, 5.41) is 4.46. The van der Waals surface area contributed by atoms with Gasteiger partial charge in [0.2, 0.25) is 0 Å². The number of halogens is 1. The number of rotatable bonds is 2. The fourth-order valence-electron chi connectivity index (χ4n) is 3.68. The predicted octanol–water partition coefficient (Wildman–Crippen LogP) is 4.52. The lowest BCUT2D eigenvalue weighted by Crippen LogP contribution is -2.14. The summed E-state index contributed by atoms with van der Waals surface area (Å²) in [5.41, 5.74) is 3.14. The Morgan fingerprint density at radius 3 is 2.71 bits per heavy atom. The summed E-state index contributed by atoms with van der Waals surface area (Å²) < 4.78 is 4.35. The number of aryl methyl sites for hydroxylation is 2. The molecule has 0 spiro atoms. The van der Waals surface area contributed by atoms with Crippen LogP contribution in [0.3, 0.4) is 0 Å². The van der Waals surface area contributed by atoms with Crippen LogP contribution in [0, 0.1) is 12.8 Å². The fraction of sp³-hybridized carbons (Fsp3) is 0.750. The van der Waals surface area contributed by atoms with Gasteiger partial charge in [0.25, 0.3) is 0 Å². The van der Waals surface area contributed by atoms with Crippen molar-refractivity contribution in [3.8, 4) is 0 Å². The topological polar surface area (TPSA) is 35.6 Å². The van der Waals surface area contributed by atoms with Crippen LogP contribution in [0.15, 0.2) is 0 Å². The van der Waals surface area contributed by atoms with Crippen LogP contribution in [0.2, 0.25) is 0 Å². The van der Waals surface area contributed by atoms with Crippen molar-refractivity contribution in [1.29, 1.82) is 0 Å². The molecule has 0 N–H and O–H groups in total. The first-order valence-corrected chi connectivity index (χ1v) is 8.48. The van der Waals surface area contributed by atoms with Crippen LogP contribution in [0.25, 0.3) is 11.2 Å². The van der Waals surface area contributed by atoms with Crippen LogP contribution in [-0.2, 0) is 7.05 Å². The Kier molecular flexibility index (Phi) is 4.00. The lowest BCUT2D eigenvalue weighted by atomic mass is 10.0. The Labute approximate surface area is 131 Å². The van der Waals surface area contributed by atoms with Gasteiger partial charge in [-0.2, -0.15) is 5.10 Å². The molecule has 1 saturated carbocycles. The second-order valence-corrected chi connectivity index (χ2v) is 7.26. The van der Waals surface area contributed by atoms with Gasteiger partial charge in [0, 0.05) is 13.1 Å². The highest BCUT2D eigenvalue weighted by molar-refractivity contribution is 6.20. The van der Waals surface area contributed by atoms with Crippen LogP contribution in [0.5, 0.6) is 0 Å². The Morgan fingerprint density at radius 2 is 2.00 bits per heavy atom. The van der Waals surface area contributed by atoms with Gasteiger partial charge in [-0.05, 0) is 39.0 Å². The zero-order chi connectivity index (χ0) is 15.1. The highest BCUT2D eigenvalue weighted by atomic mass is 35.5. The van der Waals surface area contributed by atoms with Crippen molar-refractivity contribution in [3.05, 3.63) is 11.5 Å². The number of hydrogen-bond donors (Lipinski definition) is 0. The molecule has 0 aliphatic heterocycles. The standard InChI is InChI=1S/C16H25ClN4/c1-10-6-5-7-13(9-8-10)21-15(11(2)17)18-14-12(3)19-20(4)16(14)21/h10-11,13H,5-9H2,1-4H3. The quantitative estimate of drug-likeness (QED) is 0.604. The first-order chi connectivity index (χ1) is 9.99. The third-order valence-corrected chi connectivity index (χ3v) is 5.01. The molecule has 1 aliphatic rings. The molecule has 0 bridgehead atoms. The van der Waals surface area contributed by atoms with Crippen molar-refractivity contribution in [1.82, 2.24) is 19.3 Å². The predicted molar refractivity (Wildman–Crippen MR) is 86.8 cm³/mol. The molecule has 3 atom stereocenters. The fourth-order valence-corrected chi connectivity index (χ4v) is 3.83. The van der Waals surface area contributed by atoms with Crippen molar-refractivity contribution in [3.63, 3.8) is 0 Å². The maximum atomic E-state index is 6.42. The molecular formula is C16H25ClN4. The summed E-state index contributed by atoms with van der Waals surface area (Å²) in [7, 11) is 2.01. The number of imidazole rings is 1. The summed E-state index contributed by atoms with van der Waals surface area (Å²) in [6.45, 7) is 6.41. The smallest absolute Gasteiger partial charge is 0.158 e. The van der Waals surface area contributed by atoms with Gasteiger partial charge < -0.3 is 4.57 Å². The molecule has 3 rings (SSSR count). The van der Waals surface area contributed by atoms with E-state index in [4.69, 9.17) is 16.6 Å². The third-order valence-electron chi connectivity index (χ3n) is 4.81. The van der Waals surface area contributed by atoms with Gasteiger partial charge in [-0.15, -0.1) is 11.6 Å². The average molecular weight is 309 g/mol. The van der Waals surface area contributed by atoms with E-state index in [-0.39, 0.29) is 5.38 Å². The maximum Gasteiger partial charge on any atom is 0.158 e. The van der Waals surface area contributed by atoms with Gasteiger partial charge in [-0.3, -0.25) is 4.68 Å². The molecule has 116 valence electrons. The second-order valence-electron chi connectivity index (χ2n) is 6.60. The second kappa shape index (κ2) is 5.64.